The monoisotopic (exact) mass is 459 g/mol. The Balaban J connectivity index is 1.62. The summed E-state index contributed by atoms with van der Waals surface area (Å²) in [6, 6.07) is 3.77. The zero-order valence-corrected chi connectivity index (χ0v) is 19.1. The van der Waals surface area contributed by atoms with Crippen molar-refractivity contribution in [2.24, 2.45) is 0 Å². The van der Waals surface area contributed by atoms with Crippen LogP contribution in [0, 0.1) is 34.5 Å². The van der Waals surface area contributed by atoms with E-state index < -0.39 is 0 Å². The smallest absolute Gasteiger partial charge is 0.350 e. The summed E-state index contributed by atoms with van der Waals surface area (Å²) < 4.78 is 3.63. The zero-order valence-electron chi connectivity index (χ0n) is 18.3. The Bertz CT molecular complexity index is 1240. The quantitative estimate of drug-likeness (QED) is 0.547. The second kappa shape index (κ2) is 10.4. The molecule has 0 spiro atoms. The Kier molecular flexibility index (Phi) is 7.17. The number of thioether (sulfide) groups is 1. The number of hydrogen-bond donors (Lipinski definition) is 1. The van der Waals surface area contributed by atoms with Crippen LogP contribution in [-0.4, -0.2) is 24.9 Å². The van der Waals surface area contributed by atoms with Gasteiger partial charge in [0.25, 0.3) is 0 Å². The van der Waals surface area contributed by atoms with Gasteiger partial charge in [0, 0.05) is 18.3 Å². The van der Waals surface area contributed by atoms with Gasteiger partial charge >= 0.3 is 5.69 Å². The summed E-state index contributed by atoms with van der Waals surface area (Å²) in [4.78, 5) is 21.0. The van der Waals surface area contributed by atoms with E-state index in [1.807, 2.05) is 22.9 Å². The first-order valence-corrected chi connectivity index (χ1v) is 12.2. The molecular weight excluding hydrogens is 434 g/mol. The molecule has 0 bridgehead atoms. The summed E-state index contributed by atoms with van der Waals surface area (Å²) >= 11 is 1.74. The van der Waals surface area contributed by atoms with Crippen LogP contribution in [0.1, 0.15) is 73.3 Å². The molecule has 33 heavy (non-hydrogen) atoms. The van der Waals surface area contributed by atoms with Crippen LogP contribution in [0.15, 0.2) is 22.8 Å². The standard InChI is InChI=1S/C24H25N7OS/c25-13-17(14-26)12-20-16-30(23(28-20)18-6-2-1-3-7-18)10-4-8-19-15-31(21-9-5-11-33-21)24(32)29-22(19)27/h12,15-16,18,21H,1-3,5-7,9-11H2,(H2,27,29,32)/t21-/m0/s1. The molecule has 2 N–H and O–H groups in total. The molecular formula is C24H25N7OS. The number of imidazole rings is 1. The van der Waals surface area contributed by atoms with E-state index in [0.717, 1.165) is 37.3 Å². The van der Waals surface area contributed by atoms with E-state index >= 15 is 0 Å². The van der Waals surface area contributed by atoms with Crippen LogP contribution in [0.25, 0.3) is 6.08 Å². The predicted octanol–water partition coefficient (Wildman–Crippen LogP) is 3.58. The van der Waals surface area contributed by atoms with Gasteiger partial charge in [0.2, 0.25) is 0 Å². The van der Waals surface area contributed by atoms with Gasteiger partial charge in [-0.2, -0.15) is 15.5 Å². The minimum absolute atomic E-state index is 0.0202. The predicted molar refractivity (Wildman–Crippen MR) is 128 cm³/mol. The molecule has 2 aromatic heterocycles. The molecule has 1 aliphatic heterocycles. The third kappa shape index (κ3) is 5.30. The second-order valence-corrected chi connectivity index (χ2v) is 9.55. The minimum Gasteiger partial charge on any atom is -0.382 e. The van der Waals surface area contributed by atoms with Crippen LogP contribution in [0.5, 0.6) is 0 Å². The average Bonchev–Trinajstić information content (AvgIpc) is 3.50. The number of allylic oxidation sites excluding steroid dienone is 1. The third-order valence-corrected chi connectivity index (χ3v) is 7.37. The molecule has 3 heterocycles. The van der Waals surface area contributed by atoms with Crippen molar-refractivity contribution in [1.82, 2.24) is 19.1 Å². The molecule has 1 saturated carbocycles. The highest BCUT2D eigenvalue weighted by Gasteiger charge is 2.22. The number of hydrogen-bond acceptors (Lipinski definition) is 7. The highest BCUT2D eigenvalue weighted by atomic mass is 32.2. The molecule has 8 nitrogen and oxygen atoms in total. The molecule has 2 fully saturated rings. The summed E-state index contributed by atoms with van der Waals surface area (Å²) in [7, 11) is 0. The van der Waals surface area contributed by atoms with Crippen molar-refractivity contribution >= 4 is 23.7 Å². The summed E-state index contributed by atoms with van der Waals surface area (Å²) in [5.41, 5.74) is 6.79. The lowest BCUT2D eigenvalue weighted by Crippen LogP contribution is -2.26. The fourth-order valence-corrected chi connectivity index (χ4v) is 5.61. The third-order valence-electron chi connectivity index (χ3n) is 6.00. The molecule has 0 amide bonds. The van der Waals surface area contributed by atoms with E-state index in [0.29, 0.717) is 23.7 Å². The molecule has 1 aliphatic carbocycles. The van der Waals surface area contributed by atoms with E-state index in [1.165, 1.54) is 25.3 Å². The molecule has 168 valence electrons. The molecule has 0 aromatic carbocycles. The fraction of sp³-hybridized carbons (Fsp3) is 0.458. The zero-order chi connectivity index (χ0) is 23.2. The number of rotatable bonds is 4. The summed E-state index contributed by atoms with van der Waals surface area (Å²) in [5.74, 6) is 8.67. The fourth-order valence-electron chi connectivity index (χ4n) is 4.36. The maximum absolute atomic E-state index is 12.3. The van der Waals surface area contributed by atoms with Crippen molar-refractivity contribution < 1.29 is 0 Å². The highest BCUT2D eigenvalue weighted by Crippen LogP contribution is 2.35. The Morgan fingerprint density at radius 2 is 1.94 bits per heavy atom. The number of aromatic nitrogens is 4. The lowest BCUT2D eigenvalue weighted by molar-refractivity contribution is 0.419. The van der Waals surface area contributed by atoms with Crippen molar-refractivity contribution in [3.63, 3.8) is 0 Å². The lowest BCUT2D eigenvalue weighted by Gasteiger charge is -2.21. The first kappa shape index (κ1) is 22.7. The summed E-state index contributed by atoms with van der Waals surface area (Å²) in [5, 5.41) is 18.3. The van der Waals surface area contributed by atoms with Crippen LogP contribution >= 0.6 is 11.8 Å². The SMILES string of the molecule is N#CC(C#N)=Cc1cn(CC#Cc2cn([C@@H]3CCCS3)c(=O)nc2N)c(C2CCCCC2)n1. The van der Waals surface area contributed by atoms with Gasteiger partial charge in [-0.15, -0.1) is 11.8 Å². The Labute approximate surface area is 197 Å². The van der Waals surface area contributed by atoms with Crippen molar-refractivity contribution in [1.29, 1.82) is 10.5 Å². The van der Waals surface area contributed by atoms with Gasteiger partial charge in [-0.3, -0.25) is 4.57 Å². The lowest BCUT2D eigenvalue weighted by atomic mass is 9.88. The number of nitrogens with two attached hydrogens (primary N) is 1. The molecule has 2 aliphatic rings. The van der Waals surface area contributed by atoms with Crippen LogP contribution in [-0.2, 0) is 6.54 Å². The molecule has 2 aromatic rings. The maximum Gasteiger partial charge on any atom is 0.350 e. The van der Waals surface area contributed by atoms with E-state index in [4.69, 9.17) is 21.2 Å². The van der Waals surface area contributed by atoms with Gasteiger partial charge in [0.1, 0.15) is 29.4 Å². The van der Waals surface area contributed by atoms with Crippen LogP contribution < -0.4 is 11.4 Å². The van der Waals surface area contributed by atoms with Crippen LogP contribution in [0.2, 0.25) is 0 Å². The topological polar surface area (TPSA) is 126 Å². The van der Waals surface area contributed by atoms with E-state index in [1.54, 1.807) is 22.5 Å². The molecule has 1 saturated heterocycles. The molecule has 0 unspecified atom stereocenters. The number of nitriles is 2. The number of nitrogens with zero attached hydrogens (tertiary/aromatic N) is 6. The summed E-state index contributed by atoms with van der Waals surface area (Å²) in [6.45, 7) is 0.387. The van der Waals surface area contributed by atoms with Crippen molar-refractivity contribution in [3.05, 3.63) is 45.5 Å². The molecule has 1 atom stereocenters. The van der Waals surface area contributed by atoms with Crippen molar-refractivity contribution in [3.8, 4) is 24.0 Å². The normalized spacial score (nSPS) is 18.1. The second-order valence-electron chi connectivity index (χ2n) is 8.27. The van der Waals surface area contributed by atoms with Gasteiger partial charge < -0.3 is 10.3 Å². The van der Waals surface area contributed by atoms with Gasteiger partial charge in [0.15, 0.2) is 0 Å². The van der Waals surface area contributed by atoms with Crippen LogP contribution in [0.3, 0.4) is 0 Å². The van der Waals surface area contributed by atoms with Crippen molar-refractivity contribution in [2.45, 2.75) is 62.8 Å². The van der Waals surface area contributed by atoms with Gasteiger partial charge in [-0.25, -0.2) is 9.78 Å². The number of nitrogen functional groups attached to an aromatic ring is 1. The highest BCUT2D eigenvalue weighted by molar-refractivity contribution is 7.99. The average molecular weight is 460 g/mol. The Morgan fingerprint density at radius 1 is 1.15 bits per heavy atom. The molecule has 9 heteroatoms. The van der Waals surface area contributed by atoms with E-state index in [-0.39, 0.29) is 22.5 Å². The Morgan fingerprint density at radius 3 is 2.64 bits per heavy atom. The van der Waals surface area contributed by atoms with Gasteiger partial charge in [-0.1, -0.05) is 31.1 Å². The Hall–Kier alpha value is -3.48. The maximum atomic E-state index is 12.3. The van der Waals surface area contributed by atoms with Gasteiger partial charge in [-0.05, 0) is 37.5 Å². The first-order chi connectivity index (χ1) is 16.1. The minimum atomic E-state index is -0.339. The van der Waals surface area contributed by atoms with Crippen LogP contribution in [0.4, 0.5) is 5.82 Å². The van der Waals surface area contributed by atoms with E-state index in [2.05, 4.69) is 16.8 Å². The van der Waals surface area contributed by atoms with Crippen molar-refractivity contribution in [2.75, 3.05) is 11.5 Å². The molecule has 4 rings (SSSR count). The van der Waals surface area contributed by atoms with Gasteiger partial charge in [0.05, 0.1) is 23.2 Å². The van der Waals surface area contributed by atoms with E-state index in [9.17, 15) is 4.79 Å². The largest absolute Gasteiger partial charge is 0.382 e. The molecule has 0 radical (unpaired) electrons. The number of anilines is 1. The summed E-state index contributed by atoms with van der Waals surface area (Å²) in [6.07, 6.45) is 12.8. The first-order valence-electron chi connectivity index (χ1n) is 11.2.